The van der Waals surface area contributed by atoms with Crippen LogP contribution in [-0.2, 0) is 16.0 Å². The lowest BCUT2D eigenvalue weighted by atomic mass is 10.1. The van der Waals surface area contributed by atoms with E-state index in [0.29, 0.717) is 0 Å². The van der Waals surface area contributed by atoms with Gasteiger partial charge in [-0.2, -0.15) is 0 Å². The van der Waals surface area contributed by atoms with E-state index in [4.69, 9.17) is 15.0 Å². The molecule has 0 radical (unpaired) electrons. The first-order chi connectivity index (χ1) is 8.00. The molecule has 1 aromatic heterocycles. The van der Waals surface area contributed by atoms with Crippen LogP contribution in [0.2, 0.25) is 0 Å². The maximum atomic E-state index is 10.5. The summed E-state index contributed by atoms with van der Waals surface area (Å²) in [5.41, 5.74) is 1.82. The van der Waals surface area contributed by atoms with Gasteiger partial charge in [0.05, 0.1) is 6.42 Å². The fourth-order valence-electron chi connectivity index (χ4n) is 1.44. The van der Waals surface area contributed by atoms with E-state index in [-0.39, 0.29) is 6.42 Å². The number of carboxylic acids is 2. The molecule has 0 aliphatic rings. The van der Waals surface area contributed by atoms with Gasteiger partial charge in [-0.25, -0.2) is 0 Å². The summed E-state index contributed by atoms with van der Waals surface area (Å²) in [6, 6.07) is 7.68. The number of para-hydroxylation sites is 1. The molecule has 1 aromatic carbocycles. The highest BCUT2D eigenvalue weighted by atomic mass is 16.4. The number of benzene rings is 1. The third-order valence-corrected chi connectivity index (χ3v) is 2.02. The van der Waals surface area contributed by atoms with E-state index >= 15 is 0 Å². The van der Waals surface area contributed by atoms with Crippen LogP contribution in [0, 0.1) is 0 Å². The number of H-pyrrole nitrogens is 1. The number of aromatic nitrogens is 1. The molecule has 17 heavy (non-hydrogen) atoms. The molecule has 2 aromatic rings. The Balaban J connectivity index is 0.000000317. The predicted molar refractivity (Wildman–Crippen MR) is 62.9 cm³/mol. The zero-order chi connectivity index (χ0) is 12.8. The van der Waals surface area contributed by atoms with Crippen molar-refractivity contribution in [1.82, 2.24) is 4.98 Å². The summed E-state index contributed by atoms with van der Waals surface area (Å²) in [6.07, 6.45) is 1.82. The van der Waals surface area contributed by atoms with Crippen LogP contribution in [0.4, 0.5) is 0 Å². The molecule has 0 spiro atoms. The summed E-state index contributed by atoms with van der Waals surface area (Å²) in [6.45, 7) is 1.08. The van der Waals surface area contributed by atoms with Crippen molar-refractivity contribution in [3.05, 3.63) is 36.0 Å². The van der Waals surface area contributed by atoms with Crippen LogP contribution in [0.5, 0.6) is 0 Å². The lowest BCUT2D eigenvalue weighted by Gasteiger charge is -1.92. The topological polar surface area (TPSA) is 90.4 Å². The van der Waals surface area contributed by atoms with E-state index in [1.165, 1.54) is 0 Å². The Bertz CT molecular complexity index is 526. The van der Waals surface area contributed by atoms with Gasteiger partial charge in [-0.1, -0.05) is 18.2 Å². The van der Waals surface area contributed by atoms with Gasteiger partial charge in [0.15, 0.2) is 0 Å². The molecule has 0 atom stereocenters. The Morgan fingerprint density at radius 1 is 1.24 bits per heavy atom. The molecule has 5 heteroatoms. The molecule has 0 saturated carbocycles. The summed E-state index contributed by atoms with van der Waals surface area (Å²) in [4.78, 5) is 22.5. The first-order valence-corrected chi connectivity index (χ1v) is 4.97. The molecule has 0 saturated heterocycles. The van der Waals surface area contributed by atoms with Gasteiger partial charge in [0.25, 0.3) is 5.97 Å². The fourth-order valence-corrected chi connectivity index (χ4v) is 1.44. The molecule has 5 nitrogen and oxygen atoms in total. The highest BCUT2D eigenvalue weighted by Gasteiger charge is 2.05. The number of hydrogen-bond donors (Lipinski definition) is 3. The Morgan fingerprint density at radius 3 is 2.41 bits per heavy atom. The molecular formula is C12H13NO4. The number of fused-ring (bicyclic) bond motifs is 1. The summed E-state index contributed by atoms with van der Waals surface area (Å²) < 4.78 is 0. The molecule has 3 N–H and O–H groups in total. The van der Waals surface area contributed by atoms with Crippen molar-refractivity contribution in [3.63, 3.8) is 0 Å². The summed E-state index contributed by atoms with van der Waals surface area (Å²) in [5.74, 6) is -1.63. The summed E-state index contributed by atoms with van der Waals surface area (Å²) in [5, 5.41) is 17.0. The van der Waals surface area contributed by atoms with E-state index in [9.17, 15) is 4.79 Å². The number of aromatic amines is 1. The van der Waals surface area contributed by atoms with E-state index < -0.39 is 11.9 Å². The largest absolute Gasteiger partial charge is 0.481 e. The van der Waals surface area contributed by atoms with Gasteiger partial charge in [0, 0.05) is 24.0 Å². The number of carboxylic acid groups (broad SMARTS) is 2. The SMILES string of the molecule is CC(=O)O.O=C(O)Cc1c[nH]c2ccccc12. The molecule has 0 fully saturated rings. The van der Waals surface area contributed by atoms with Crippen molar-refractivity contribution in [2.24, 2.45) is 0 Å². The average Bonchev–Trinajstić information content (AvgIpc) is 2.60. The van der Waals surface area contributed by atoms with Crippen LogP contribution in [-0.4, -0.2) is 27.1 Å². The third kappa shape index (κ3) is 3.98. The Labute approximate surface area is 97.7 Å². The van der Waals surface area contributed by atoms with Crippen LogP contribution in [0.1, 0.15) is 12.5 Å². The van der Waals surface area contributed by atoms with Crippen LogP contribution >= 0.6 is 0 Å². The van der Waals surface area contributed by atoms with E-state index in [2.05, 4.69) is 4.98 Å². The molecule has 1 heterocycles. The van der Waals surface area contributed by atoms with Crippen molar-refractivity contribution < 1.29 is 19.8 Å². The molecule has 0 aliphatic heterocycles. The van der Waals surface area contributed by atoms with Gasteiger partial charge in [-0.15, -0.1) is 0 Å². The zero-order valence-corrected chi connectivity index (χ0v) is 9.30. The molecule has 0 amide bonds. The molecule has 0 bridgehead atoms. The number of nitrogens with one attached hydrogen (secondary N) is 1. The Hall–Kier alpha value is -2.30. The Morgan fingerprint density at radius 2 is 1.82 bits per heavy atom. The van der Waals surface area contributed by atoms with Gasteiger partial charge < -0.3 is 15.2 Å². The van der Waals surface area contributed by atoms with Crippen molar-refractivity contribution in [2.75, 3.05) is 0 Å². The number of rotatable bonds is 2. The molecule has 90 valence electrons. The van der Waals surface area contributed by atoms with E-state index in [1.807, 2.05) is 24.3 Å². The van der Waals surface area contributed by atoms with Crippen LogP contribution < -0.4 is 0 Å². The Kier molecular flexibility index (Phi) is 4.28. The number of aliphatic carboxylic acids is 2. The zero-order valence-electron chi connectivity index (χ0n) is 9.30. The van der Waals surface area contributed by atoms with Crippen molar-refractivity contribution >= 4 is 22.8 Å². The van der Waals surface area contributed by atoms with Crippen LogP contribution in [0.25, 0.3) is 10.9 Å². The molecule has 2 rings (SSSR count). The first-order valence-electron chi connectivity index (χ1n) is 4.97. The second kappa shape index (κ2) is 5.69. The molecule has 0 unspecified atom stereocenters. The minimum absolute atomic E-state index is 0.0734. The second-order valence-electron chi connectivity index (χ2n) is 3.45. The summed E-state index contributed by atoms with van der Waals surface area (Å²) >= 11 is 0. The lowest BCUT2D eigenvalue weighted by Crippen LogP contribution is -1.98. The number of carbonyl (C=O) groups is 2. The summed E-state index contributed by atoms with van der Waals surface area (Å²) in [7, 11) is 0. The minimum atomic E-state index is -0.833. The highest BCUT2D eigenvalue weighted by Crippen LogP contribution is 2.17. The highest BCUT2D eigenvalue weighted by molar-refractivity contribution is 5.86. The van der Waals surface area contributed by atoms with Crippen molar-refractivity contribution in [2.45, 2.75) is 13.3 Å². The average molecular weight is 235 g/mol. The lowest BCUT2D eigenvalue weighted by molar-refractivity contribution is -0.136. The van der Waals surface area contributed by atoms with Crippen molar-refractivity contribution in [3.8, 4) is 0 Å². The normalized spacial score (nSPS) is 9.47. The van der Waals surface area contributed by atoms with Gasteiger partial charge in [0.1, 0.15) is 0 Å². The first kappa shape index (κ1) is 12.8. The van der Waals surface area contributed by atoms with Gasteiger partial charge in [0.2, 0.25) is 0 Å². The van der Waals surface area contributed by atoms with Crippen LogP contribution in [0.15, 0.2) is 30.5 Å². The van der Waals surface area contributed by atoms with Crippen LogP contribution in [0.3, 0.4) is 0 Å². The van der Waals surface area contributed by atoms with E-state index in [1.54, 1.807) is 6.20 Å². The number of hydrogen-bond acceptors (Lipinski definition) is 2. The second-order valence-corrected chi connectivity index (χ2v) is 3.45. The standard InChI is InChI=1S/C10H9NO2.C2H4O2/c12-10(13)5-7-6-11-9-4-2-1-3-8(7)9;1-2(3)4/h1-4,6,11H,5H2,(H,12,13);1H3,(H,3,4). The van der Waals surface area contributed by atoms with Gasteiger partial charge in [-0.3, -0.25) is 9.59 Å². The quantitative estimate of drug-likeness (QED) is 0.741. The molecular weight excluding hydrogens is 222 g/mol. The fraction of sp³-hybridized carbons (Fsp3) is 0.167. The van der Waals surface area contributed by atoms with Gasteiger partial charge in [-0.05, 0) is 11.6 Å². The third-order valence-electron chi connectivity index (χ3n) is 2.02. The smallest absolute Gasteiger partial charge is 0.307 e. The predicted octanol–water partition coefficient (Wildman–Crippen LogP) is 1.89. The van der Waals surface area contributed by atoms with Gasteiger partial charge >= 0.3 is 5.97 Å². The molecule has 0 aliphatic carbocycles. The van der Waals surface area contributed by atoms with E-state index in [0.717, 1.165) is 23.4 Å². The maximum Gasteiger partial charge on any atom is 0.307 e. The van der Waals surface area contributed by atoms with Crippen molar-refractivity contribution in [1.29, 1.82) is 0 Å². The maximum absolute atomic E-state index is 10.5. The monoisotopic (exact) mass is 235 g/mol. The minimum Gasteiger partial charge on any atom is -0.481 e.